The third-order valence-electron chi connectivity index (χ3n) is 1.19. The molecule has 0 bridgehead atoms. The molecule has 0 aliphatic heterocycles. The molecule has 6 heteroatoms. The van der Waals surface area contributed by atoms with Gasteiger partial charge in [0.1, 0.15) is 0 Å². The normalized spacial score (nSPS) is 10.5. The van der Waals surface area contributed by atoms with Crippen LogP contribution in [0.25, 0.3) is 0 Å². The summed E-state index contributed by atoms with van der Waals surface area (Å²) in [6.07, 6.45) is 1.56. The Labute approximate surface area is 104 Å². The minimum atomic E-state index is -3.55. The zero-order valence-electron chi connectivity index (χ0n) is 6.43. The SMILES string of the molecule is CSOS(=O)(=O)c1ccccc1.[NaH]. The first-order valence-electron chi connectivity index (χ1n) is 3.19. The number of rotatable bonds is 3. The fourth-order valence-electron chi connectivity index (χ4n) is 0.716. The van der Waals surface area contributed by atoms with Crippen molar-refractivity contribution in [2.24, 2.45) is 0 Å². The Morgan fingerprint density at radius 1 is 1.23 bits per heavy atom. The van der Waals surface area contributed by atoms with Gasteiger partial charge in [-0.2, -0.15) is 12.0 Å². The van der Waals surface area contributed by atoms with Gasteiger partial charge in [-0.1, -0.05) is 18.2 Å². The van der Waals surface area contributed by atoms with E-state index < -0.39 is 10.1 Å². The minimum absolute atomic E-state index is 0. The van der Waals surface area contributed by atoms with E-state index >= 15 is 0 Å². The van der Waals surface area contributed by atoms with Gasteiger partial charge in [0.15, 0.2) is 0 Å². The van der Waals surface area contributed by atoms with Crippen LogP contribution in [0.4, 0.5) is 0 Å². The summed E-state index contributed by atoms with van der Waals surface area (Å²) < 4.78 is 26.9. The standard InChI is InChI=1S/C7H8O3S2.Na.H/c1-11-10-12(8,9)7-5-3-2-4-6-7;;/h2-6H,1H3;;. The van der Waals surface area contributed by atoms with E-state index in [2.05, 4.69) is 3.63 Å². The van der Waals surface area contributed by atoms with E-state index in [1.807, 2.05) is 0 Å². The molecule has 0 aromatic heterocycles. The van der Waals surface area contributed by atoms with Crippen molar-refractivity contribution >= 4 is 51.7 Å². The fourth-order valence-corrected chi connectivity index (χ4v) is 2.24. The van der Waals surface area contributed by atoms with E-state index in [1.165, 1.54) is 12.1 Å². The molecule has 68 valence electrons. The van der Waals surface area contributed by atoms with Crippen LogP contribution in [0.15, 0.2) is 35.2 Å². The fraction of sp³-hybridized carbons (Fsp3) is 0.143. The van der Waals surface area contributed by atoms with E-state index in [0.717, 1.165) is 12.0 Å². The second-order valence-corrected chi connectivity index (χ2v) is 4.26. The van der Waals surface area contributed by atoms with Crippen LogP contribution in [-0.4, -0.2) is 44.2 Å². The molecule has 0 radical (unpaired) electrons. The van der Waals surface area contributed by atoms with Crippen molar-refractivity contribution in [2.75, 3.05) is 6.26 Å². The van der Waals surface area contributed by atoms with Crippen LogP contribution in [0.3, 0.4) is 0 Å². The third-order valence-corrected chi connectivity index (χ3v) is 3.30. The van der Waals surface area contributed by atoms with Crippen LogP contribution in [0, 0.1) is 0 Å². The molecule has 3 nitrogen and oxygen atoms in total. The molecule has 13 heavy (non-hydrogen) atoms. The van der Waals surface area contributed by atoms with E-state index in [4.69, 9.17) is 0 Å². The second kappa shape index (κ2) is 6.06. The summed E-state index contributed by atoms with van der Waals surface area (Å²) in [6, 6.07) is 8.03. The topological polar surface area (TPSA) is 43.4 Å². The Balaban J connectivity index is 0.00000144. The van der Waals surface area contributed by atoms with Gasteiger partial charge in [-0.05, 0) is 12.1 Å². The summed E-state index contributed by atoms with van der Waals surface area (Å²) in [5.74, 6) is 0. The van der Waals surface area contributed by atoms with Crippen molar-refractivity contribution in [3.8, 4) is 0 Å². The van der Waals surface area contributed by atoms with Crippen LogP contribution in [-0.2, 0) is 13.7 Å². The molecule has 0 aliphatic carbocycles. The third kappa shape index (κ3) is 4.01. The molecule has 0 aliphatic rings. The monoisotopic (exact) mass is 228 g/mol. The van der Waals surface area contributed by atoms with Crippen molar-refractivity contribution in [2.45, 2.75) is 4.90 Å². The van der Waals surface area contributed by atoms with Crippen LogP contribution in [0.2, 0.25) is 0 Å². The van der Waals surface area contributed by atoms with E-state index in [-0.39, 0.29) is 34.5 Å². The number of benzene rings is 1. The van der Waals surface area contributed by atoms with E-state index in [9.17, 15) is 8.42 Å². The Hall–Kier alpha value is 0.480. The summed E-state index contributed by atoms with van der Waals surface area (Å²) in [7, 11) is -3.55. The summed E-state index contributed by atoms with van der Waals surface area (Å²) >= 11 is 0.815. The summed E-state index contributed by atoms with van der Waals surface area (Å²) in [6.45, 7) is 0. The van der Waals surface area contributed by atoms with E-state index in [0.29, 0.717) is 0 Å². The Morgan fingerprint density at radius 2 is 1.77 bits per heavy atom. The molecule has 0 unspecified atom stereocenters. The number of hydrogen-bond acceptors (Lipinski definition) is 4. The second-order valence-electron chi connectivity index (χ2n) is 2.00. The Morgan fingerprint density at radius 3 is 2.23 bits per heavy atom. The molecule has 0 atom stereocenters. The Bertz CT molecular complexity index is 336. The Kier molecular flexibility index (Phi) is 6.28. The van der Waals surface area contributed by atoms with Crippen molar-refractivity contribution in [1.82, 2.24) is 0 Å². The van der Waals surface area contributed by atoms with Crippen molar-refractivity contribution in [3.05, 3.63) is 30.3 Å². The van der Waals surface area contributed by atoms with Gasteiger partial charge in [0.05, 0.1) is 4.90 Å². The van der Waals surface area contributed by atoms with Crippen molar-refractivity contribution in [3.63, 3.8) is 0 Å². The van der Waals surface area contributed by atoms with Crippen LogP contribution in [0.1, 0.15) is 0 Å². The predicted molar refractivity (Wildman–Crippen MR) is 55.4 cm³/mol. The predicted octanol–water partition coefficient (Wildman–Crippen LogP) is 1.02. The zero-order valence-corrected chi connectivity index (χ0v) is 8.06. The molecule has 1 rings (SSSR count). The molecular weight excluding hydrogens is 219 g/mol. The van der Waals surface area contributed by atoms with Gasteiger partial charge >= 0.3 is 39.7 Å². The van der Waals surface area contributed by atoms with Gasteiger partial charge in [0.25, 0.3) is 0 Å². The maximum atomic E-state index is 11.2. The van der Waals surface area contributed by atoms with Crippen LogP contribution in [0.5, 0.6) is 0 Å². The van der Waals surface area contributed by atoms with Gasteiger partial charge in [-0.3, -0.25) is 0 Å². The van der Waals surface area contributed by atoms with Crippen LogP contribution >= 0.6 is 12.0 Å². The van der Waals surface area contributed by atoms with Gasteiger partial charge in [-0.25, -0.2) is 0 Å². The first-order valence-corrected chi connectivity index (χ1v) is 5.75. The molecule has 0 N–H and O–H groups in total. The van der Waals surface area contributed by atoms with Crippen molar-refractivity contribution < 1.29 is 12.0 Å². The average molecular weight is 228 g/mol. The molecule has 0 saturated heterocycles. The molecule has 0 fully saturated rings. The molecule has 1 aromatic rings. The number of hydrogen-bond donors (Lipinski definition) is 0. The van der Waals surface area contributed by atoms with Gasteiger partial charge < -0.3 is 0 Å². The quantitative estimate of drug-likeness (QED) is 0.572. The first-order chi connectivity index (χ1) is 5.67. The molecular formula is C7H9NaO3S2. The maximum absolute atomic E-state index is 11.2. The molecule has 0 heterocycles. The summed E-state index contributed by atoms with van der Waals surface area (Å²) in [4.78, 5) is 0.180. The summed E-state index contributed by atoms with van der Waals surface area (Å²) in [5, 5.41) is 0. The molecule has 0 saturated carbocycles. The van der Waals surface area contributed by atoms with E-state index in [1.54, 1.807) is 24.5 Å². The van der Waals surface area contributed by atoms with Crippen LogP contribution < -0.4 is 0 Å². The zero-order chi connectivity index (χ0) is 9.03. The van der Waals surface area contributed by atoms with Gasteiger partial charge in [-0.15, -0.1) is 0 Å². The van der Waals surface area contributed by atoms with Gasteiger partial charge in [0, 0.05) is 18.3 Å². The molecule has 0 amide bonds. The molecule has 0 spiro atoms. The van der Waals surface area contributed by atoms with Crippen molar-refractivity contribution in [1.29, 1.82) is 0 Å². The summed E-state index contributed by atoms with van der Waals surface area (Å²) in [5.41, 5.74) is 0. The molecule has 1 aromatic carbocycles. The average Bonchev–Trinajstić information content (AvgIpc) is 2.06. The first kappa shape index (κ1) is 13.5. The van der Waals surface area contributed by atoms with Gasteiger partial charge in [0.2, 0.25) is 0 Å².